The van der Waals surface area contributed by atoms with E-state index in [-0.39, 0.29) is 59.0 Å². The second kappa shape index (κ2) is 15.8. The van der Waals surface area contributed by atoms with Crippen molar-refractivity contribution < 1.29 is 27.0 Å². The van der Waals surface area contributed by atoms with Crippen molar-refractivity contribution in [3.8, 4) is 23.0 Å². The first-order valence-corrected chi connectivity index (χ1v) is 21.3. The quantitative estimate of drug-likeness (QED) is 0.106. The number of nitrogen functional groups attached to an aromatic ring is 1. The fourth-order valence-electron chi connectivity index (χ4n) is 9.98. The number of pyridine rings is 1. The van der Waals surface area contributed by atoms with Crippen molar-refractivity contribution in [3.63, 3.8) is 0 Å². The molecule has 10 rings (SSSR count). The van der Waals surface area contributed by atoms with E-state index in [1.807, 2.05) is 76.4 Å². The van der Waals surface area contributed by atoms with Crippen molar-refractivity contribution in [3.05, 3.63) is 154 Å². The van der Waals surface area contributed by atoms with Crippen LogP contribution in [-0.2, 0) is 18.3 Å². The second-order valence-electron chi connectivity index (χ2n) is 16.6. The van der Waals surface area contributed by atoms with E-state index >= 15 is 0 Å². The molecule has 322 valence electrons. The highest BCUT2D eigenvalue weighted by molar-refractivity contribution is 6.36. The molecule has 0 bridgehead atoms. The van der Waals surface area contributed by atoms with Crippen LogP contribution in [0.1, 0.15) is 52.8 Å². The molecule has 6 heterocycles. The molecule has 0 saturated carbocycles. The molecule has 2 saturated heterocycles. The first kappa shape index (κ1) is 40.8. The molecule has 7 aromatic rings. The zero-order valence-electron chi connectivity index (χ0n) is 34.3. The van der Waals surface area contributed by atoms with E-state index in [4.69, 9.17) is 41.9 Å². The fraction of sp³-hybridized carbons (Fsp3) is 0.292. The van der Waals surface area contributed by atoms with Crippen molar-refractivity contribution in [1.29, 1.82) is 0 Å². The third-order valence-electron chi connectivity index (χ3n) is 12.7. The maximum Gasteiger partial charge on any atom is 0.418 e. The summed E-state index contributed by atoms with van der Waals surface area (Å²) in [6, 6.07) is 35.3. The summed E-state index contributed by atoms with van der Waals surface area (Å²) in [7, 11) is 0. The third kappa shape index (κ3) is 7.09. The lowest BCUT2D eigenvalue weighted by Gasteiger charge is -2.36. The van der Waals surface area contributed by atoms with Crippen molar-refractivity contribution in [2.24, 2.45) is 0 Å². The highest BCUT2D eigenvalue weighted by atomic mass is 35.5. The average Bonchev–Trinajstić information content (AvgIpc) is 3.94. The number of nitrogens with two attached hydrogens (primary N) is 1. The van der Waals surface area contributed by atoms with Crippen LogP contribution >= 0.6 is 11.6 Å². The minimum Gasteiger partial charge on any atom is -0.489 e. The van der Waals surface area contributed by atoms with Gasteiger partial charge in [-0.05, 0) is 66.8 Å². The number of fused-ring (bicyclic) bond motifs is 1. The lowest BCUT2D eigenvalue weighted by Crippen LogP contribution is -2.43. The molecular formula is C48H43ClF4N8O2. The van der Waals surface area contributed by atoms with Gasteiger partial charge in [-0.25, -0.2) is 9.37 Å². The van der Waals surface area contributed by atoms with Gasteiger partial charge in [-0.15, -0.1) is 0 Å². The molecule has 2 atom stereocenters. The van der Waals surface area contributed by atoms with Crippen LogP contribution < -0.4 is 20.1 Å². The largest absolute Gasteiger partial charge is 0.489 e. The molecule has 0 spiro atoms. The highest BCUT2D eigenvalue weighted by Gasteiger charge is 2.49. The van der Waals surface area contributed by atoms with Gasteiger partial charge < -0.3 is 20.1 Å². The van der Waals surface area contributed by atoms with Gasteiger partial charge in [-0.2, -0.15) is 28.2 Å². The van der Waals surface area contributed by atoms with Gasteiger partial charge in [-0.3, -0.25) is 9.58 Å². The Morgan fingerprint density at radius 2 is 1.56 bits per heavy atom. The number of ether oxygens (including phenoxy) is 2. The molecule has 3 aromatic heterocycles. The van der Waals surface area contributed by atoms with Crippen LogP contribution in [0.4, 0.5) is 29.2 Å². The summed E-state index contributed by atoms with van der Waals surface area (Å²) in [6.45, 7) is 3.22. The Morgan fingerprint density at radius 3 is 2.21 bits per heavy atom. The van der Waals surface area contributed by atoms with E-state index in [0.29, 0.717) is 36.4 Å². The Morgan fingerprint density at radius 1 is 0.889 bits per heavy atom. The van der Waals surface area contributed by atoms with E-state index in [1.54, 1.807) is 0 Å². The number of halogens is 5. The molecular weight excluding hydrogens is 832 g/mol. The molecule has 0 radical (unpaired) electrons. The number of nitrogens with zero attached hydrogens (tertiary/aromatic N) is 7. The van der Waals surface area contributed by atoms with Crippen molar-refractivity contribution in [2.75, 3.05) is 43.5 Å². The summed E-state index contributed by atoms with van der Waals surface area (Å²) in [5.74, 6) is 0.409. The van der Waals surface area contributed by atoms with E-state index in [1.165, 1.54) is 19.1 Å². The number of alkyl halides is 4. The lowest BCUT2D eigenvalue weighted by atomic mass is 9.77. The van der Waals surface area contributed by atoms with Crippen molar-refractivity contribution >= 4 is 34.1 Å². The van der Waals surface area contributed by atoms with E-state index in [2.05, 4.69) is 46.3 Å². The van der Waals surface area contributed by atoms with Crippen LogP contribution in [0.2, 0.25) is 5.02 Å². The molecule has 2 N–H and O–H groups in total. The van der Waals surface area contributed by atoms with Gasteiger partial charge in [-0.1, -0.05) is 103 Å². The maximum atomic E-state index is 14.8. The summed E-state index contributed by atoms with van der Waals surface area (Å²) < 4.78 is 73.7. The molecule has 4 aromatic carbocycles. The molecule has 2 fully saturated rings. The number of benzene rings is 4. The lowest BCUT2D eigenvalue weighted by molar-refractivity contribution is -0.137. The summed E-state index contributed by atoms with van der Waals surface area (Å²) in [5, 5.41) is 5.60. The van der Waals surface area contributed by atoms with Crippen molar-refractivity contribution in [2.45, 2.75) is 56.2 Å². The molecule has 15 heteroatoms. The minimum absolute atomic E-state index is 0.0123. The van der Waals surface area contributed by atoms with Gasteiger partial charge in [0.05, 0.1) is 51.5 Å². The zero-order valence-corrected chi connectivity index (χ0v) is 35.1. The molecule has 3 aliphatic heterocycles. The summed E-state index contributed by atoms with van der Waals surface area (Å²) in [5.41, 5.74) is 7.09. The van der Waals surface area contributed by atoms with Crippen LogP contribution in [0, 0.1) is 6.92 Å². The van der Waals surface area contributed by atoms with Gasteiger partial charge in [0.15, 0.2) is 5.75 Å². The zero-order chi connectivity index (χ0) is 43.5. The Kier molecular flexibility index (Phi) is 10.3. The van der Waals surface area contributed by atoms with E-state index in [0.717, 1.165) is 36.1 Å². The average molecular weight is 875 g/mol. The number of aryl methyl sites for hydroxylation is 1. The molecule has 10 nitrogen and oxygen atoms in total. The predicted molar refractivity (Wildman–Crippen MR) is 234 cm³/mol. The Balaban J connectivity index is 1.11. The minimum atomic E-state index is -4.78. The predicted octanol–water partition coefficient (Wildman–Crippen LogP) is 9.65. The molecule has 3 aliphatic rings. The number of anilines is 2. The van der Waals surface area contributed by atoms with Gasteiger partial charge in [0.2, 0.25) is 0 Å². The Hall–Kier alpha value is -6.25. The number of hydrogen-bond donors (Lipinski definition) is 1. The standard InChI is InChI=1S/C48H43ClF4N8O2/c1-30-24-38(54)56-42(40(30)48(51,52)53)36-25-37-39-43(41(36)49)62-23-22-59(44(39)57-45(55-37)63-29-46-19-11-20-60(46)27-34(50)26-46)28-35-18-21-61(58-35)47(31-12-5-2-6-13-31,32-14-7-3-8-15-32)33-16-9-4-10-17-33/h2-10,12-18,21,24-25,34H,11,19-20,22-23,26-29H2,1H3,(H2,54,56)/t34-,46+/m1/s1. The molecule has 0 aliphatic carbocycles. The monoisotopic (exact) mass is 874 g/mol. The number of rotatable bonds is 10. The molecule has 0 amide bonds. The highest BCUT2D eigenvalue weighted by Crippen LogP contribution is 2.49. The van der Waals surface area contributed by atoms with Gasteiger partial charge in [0, 0.05) is 24.7 Å². The molecule has 0 unspecified atom stereocenters. The van der Waals surface area contributed by atoms with Crippen LogP contribution in [0.3, 0.4) is 0 Å². The van der Waals surface area contributed by atoms with Gasteiger partial charge >= 0.3 is 12.2 Å². The first-order valence-electron chi connectivity index (χ1n) is 20.9. The van der Waals surface area contributed by atoms with Crippen LogP contribution in [0.5, 0.6) is 11.8 Å². The summed E-state index contributed by atoms with van der Waals surface area (Å²) in [6.07, 6.45) is -1.77. The van der Waals surface area contributed by atoms with E-state index in [9.17, 15) is 17.6 Å². The normalized spacial score (nSPS) is 19.0. The fourth-order valence-corrected chi connectivity index (χ4v) is 10.3. The number of hydrogen-bond acceptors (Lipinski definition) is 9. The summed E-state index contributed by atoms with van der Waals surface area (Å²) >= 11 is 7.09. The third-order valence-corrected chi connectivity index (χ3v) is 13.0. The van der Waals surface area contributed by atoms with Crippen LogP contribution in [0.15, 0.2) is 115 Å². The van der Waals surface area contributed by atoms with Crippen molar-refractivity contribution in [1.82, 2.24) is 29.6 Å². The maximum absolute atomic E-state index is 14.8. The first-order chi connectivity index (χ1) is 30.4. The van der Waals surface area contributed by atoms with Gasteiger partial charge in [0.1, 0.15) is 36.6 Å². The van der Waals surface area contributed by atoms with Gasteiger partial charge in [0.25, 0.3) is 0 Å². The molecule has 63 heavy (non-hydrogen) atoms. The van der Waals surface area contributed by atoms with Crippen LogP contribution in [0.25, 0.3) is 22.2 Å². The van der Waals surface area contributed by atoms with E-state index < -0.39 is 34.7 Å². The van der Waals surface area contributed by atoms with Crippen LogP contribution in [-0.4, -0.2) is 74.2 Å². The topological polar surface area (TPSA) is 107 Å². The second-order valence-corrected chi connectivity index (χ2v) is 16.9. The smallest absolute Gasteiger partial charge is 0.418 e. The number of aromatic nitrogens is 5. The SMILES string of the molecule is Cc1cc(N)nc(-c2cc3nc(OC[C@@]45CCCN4C[C@H](F)C5)nc4c3c(c2Cl)OCCN4Cc2ccn(C(c3ccccc3)(c3ccccc3)c3ccccc3)n2)c1C(F)(F)F. The Labute approximate surface area is 366 Å². The summed E-state index contributed by atoms with van der Waals surface area (Å²) in [4.78, 5) is 18.1. The Bertz CT molecular complexity index is 2720.